The minimum Gasteiger partial charge on any atom is -0.448 e. The van der Waals surface area contributed by atoms with Gasteiger partial charge in [0.1, 0.15) is 5.69 Å². The van der Waals surface area contributed by atoms with E-state index in [1.54, 1.807) is 13.0 Å². The molecular formula is C17H21N3O3. The summed E-state index contributed by atoms with van der Waals surface area (Å²) in [6, 6.07) is 11.1. The van der Waals surface area contributed by atoms with Crippen LogP contribution in [0.2, 0.25) is 0 Å². The van der Waals surface area contributed by atoms with Crippen LogP contribution in [0.4, 0.5) is 0 Å². The molecule has 0 saturated carbocycles. The van der Waals surface area contributed by atoms with Crippen LogP contribution in [0.3, 0.4) is 0 Å². The molecule has 23 heavy (non-hydrogen) atoms. The Morgan fingerprint density at radius 2 is 1.91 bits per heavy atom. The van der Waals surface area contributed by atoms with Gasteiger partial charge < -0.3 is 10.1 Å². The van der Waals surface area contributed by atoms with Gasteiger partial charge in [-0.3, -0.25) is 9.89 Å². The van der Waals surface area contributed by atoms with Crippen molar-refractivity contribution in [3.8, 4) is 11.3 Å². The Kier molecular flexibility index (Phi) is 5.51. The summed E-state index contributed by atoms with van der Waals surface area (Å²) in [5.41, 5.74) is 1.76. The van der Waals surface area contributed by atoms with Crippen molar-refractivity contribution in [3.63, 3.8) is 0 Å². The third kappa shape index (κ3) is 4.67. The first kappa shape index (κ1) is 16.7. The van der Waals surface area contributed by atoms with E-state index in [2.05, 4.69) is 15.5 Å². The Morgan fingerprint density at radius 3 is 2.57 bits per heavy atom. The number of esters is 1. The molecule has 0 saturated heterocycles. The summed E-state index contributed by atoms with van der Waals surface area (Å²) in [5.74, 6) is -0.579. The molecule has 2 rings (SSSR count). The Bertz CT molecular complexity index is 665. The number of aromatic amines is 1. The molecule has 0 aliphatic heterocycles. The number of nitrogens with zero attached hydrogens (tertiary/aromatic N) is 1. The molecule has 1 aromatic heterocycles. The van der Waals surface area contributed by atoms with Crippen molar-refractivity contribution in [1.82, 2.24) is 15.5 Å². The standard InChI is InChI=1S/C17H21N3O3/c1-11(2)10-18-16(21)12(3)23-17(22)15-9-14(19-20-15)13-7-5-4-6-8-13/h4-9,11-12H,10H2,1-3H3,(H,18,21)(H,19,20)/t12-/m1/s1. The van der Waals surface area contributed by atoms with Crippen molar-refractivity contribution in [2.75, 3.05) is 6.54 Å². The lowest BCUT2D eigenvalue weighted by molar-refractivity contribution is -0.129. The summed E-state index contributed by atoms with van der Waals surface area (Å²) in [5, 5.41) is 9.46. The van der Waals surface area contributed by atoms with Crippen molar-refractivity contribution >= 4 is 11.9 Å². The van der Waals surface area contributed by atoms with Gasteiger partial charge in [0, 0.05) is 12.1 Å². The van der Waals surface area contributed by atoms with E-state index < -0.39 is 12.1 Å². The molecule has 0 fully saturated rings. The van der Waals surface area contributed by atoms with Crippen molar-refractivity contribution in [2.24, 2.45) is 5.92 Å². The minimum atomic E-state index is -0.857. The van der Waals surface area contributed by atoms with Gasteiger partial charge in [-0.25, -0.2) is 4.79 Å². The molecule has 1 amide bonds. The number of hydrogen-bond donors (Lipinski definition) is 2. The van der Waals surface area contributed by atoms with E-state index in [1.807, 2.05) is 44.2 Å². The van der Waals surface area contributed by atoms with Crippen LogP contribution in [0, 0.1) is 5.92 Å². The van der Waals surface area contributed by atoms with Crippen LogP contribution in [0.25, 0.3) is 11.3 Å². The first-order chi connectivity index (χ1) is 11.0. The normalized spacial score (nSPS) is 12.0. The SMILES string of the molecule is CC(C)CNC(=O)[C@@H](C)OC(=O)c1cc(-c2ccccc2)n[nH]1. The van der Waals surface area contributed by atoms with Crippen LogP contribution < -0.4 is 5.32 Å². The van der Waals surface area contributed by atoms with E-state index >= 15 is 0 Å². The number of H-pyrrole nitrogens is 1. The second kappa shape index (κ2) is 7.58. The lowest BCUT2D eigenvalue weighted by atomic mass is 10.1. The molecule has 2 aromatic rings. The van der Waals surface area contributed by atoms with E-state index in [0.29, 0.717) is 18.2 Å². The van der Waals surface area contributed by atoms with E-state index in [0.717, 1.165) is 5.56 Å². The van der Waals surface area contributed by atoms with Crippen LogP contribution in [-0.4, -0.2) is 34.7 Å². The highest BCUT2D eigenvalue weighted by Gasteiger charge is 2.20. The number of carbonyl (C=O) groups excluding carboxylic acids is 2. The van der Waals surface area contributed by atoms with Crippen molar-refractivity contribution < 1.29 is 14.3 Å². The third-order valence-electron chi connectivity index (χ3n) is 3.20. The monoisotopic (exact) mass is 315 g/mol. The summed E-state index contributed by atoms with van der Waals surface area (Å²) in [4.78, 5) is 23.9. The molecule has 0 aliphatic carbocycles. The lowest BCUT2D eigenvalue weighted by Crippen LogP contribution is -2.37. The van der Waals surface area contributed by atoms with Crippen LogP contribution in [0.1, 0.15) is 31.3 Å². The molecule has 6 nitrogen and oxygen atoms in total. The third-order valence-corrected chi connectivity index (χ3v) is 3.20. The molecule has 0 unspecified atom stereocenters. The fraction of sp³-hybridized carbons (Fsp3) is 0.353. The van der Waals surface area contributed by atoms with Crippen molar-refractivity contribution in [3.05, 3.63) is 42.1 Å². The quantitative estimate of drug-likeness (QED) is 0.802. The zero-order valence-corrected chi connectivity index (χ0v) is 13.5. The largest absolute Gasteiger partial charge is 0.448 e. The second-order valence-electron chi connectivity index (χ2n) is 5.72. The molecule has 0 aliphatic rings. The second-order valence-corrected chi connectivity index (χ2v) is 5.72. The highest BCUT2D eigenvalue weighted by Crippen LogP contribution is 2.17. The summed E-state index contributed by atoms with van der Waals surface area (Å²) in [7, 11) is 0. The molecule has 6 heteroatoms. The maximum atomic E-state index is 12.1. The Labute approximate surface area is 135 Å². The van der Waals surface area contributed by atoms with Crippen molar-refractivity contribution in [2.45, 2.75) is 26.9 Å². The summed E-state index contributed by atoms with van der Waals surface area (Å²) in [6.07, 6.45) is -0.857. The van der Waals surface area contributed by atoms with Gasteiger partial charge in [-0.05, 0) is 18.9 Å². The van der Waals surface area contributed by atoms with Crippen LogP contribution in [0.15, 0.2) is 36.4 Å². The summed E-state index contributed by atoms with van der Waals surface area (Å²) < 4.78 is 5.16. The van der Waals surface area contributed by atoms with Crippen molar-refractivity contribution in [1.29, 1.82) is 0 Å². The highest BCUT2D eigenvalue weighted by molar-refractivity contribution is 5.91. The van der Waals surface area contributed by atoms with Gasteiger partial charge in [-0.2, -0.15) is 5.10 Å². The Morgan fingerprint density at radius 1 is 1.22 bits per heavy atom. The van der Waals surface area contributed by atoms with Gasteiger partial charge in [0.05, 0.1) is 5.69 Å². The number of aromatic nitrogens is 2. The van der Waals surface area contributed by atoms with Gasteiger partial charge in [0.25, 0.3) is 5.91 Å². The predicted molar refractivity (Wildman–Crippen MR) is 86.7 cm³/mol. The zero-order chi connectivity index (χ0) is 16.8. The Balaban J connectivity index is 1.96. The minimum absolute atomic E-state index is 0.215. The number of carbonyl (C=O) groups is 2. The van der Waals surface area contributed by atoms with Gasteiger partial charge in [-0.1, -0.05) is 44.2 Å². The fourth-order valence-electron chi connectivity index (χ4n) is 1.91. The lowest BCUT2D eigenvalue weighted by Gasteiger charge is -2.13. The van der Waals surface area contributed by atoms with E-state index in [-0.39, 0.29) is 11.6 Å². The summed E-state index contributed by atoms with van der Waals surface area (Å²) in [6.45, 7) is 6.07. The first-order valence-corrected chi connectivity index (χ1v) is 7.57. The van der Waals surface area contributed by atoms with E-state index in [9.17, 15) is 9.59 Å². The molecule has 0 radical (unpaired) electrons. The molecule has 122 valence electrons. The summed E-state index contributed by atoms with van der Waals surface area (Å²) >= 11 is 0. The topological polar surface area (TPSA) is 84.1 Å². The average Bonchev–Trinajstić information content (AvgIpc) is 3.03. The van der Waals surface area contributed by atoms with E-state index in [4.69, 9.17) is 4.74 Å². The molecule has 1 heterocycles. The predicted octanol–water partition coefficient (Wildman–Crippen LogP) is 2.39. The smallest absolute Gasteiger partial charge is 0.357 e. The Hall–Kier alpha value is -2.63. The van der Waals surface area contributed by atoms with Gasteiger partial charge in [0.2, 0.25) is 0 Å². The van der Waals surface area contributed by atoms with E-state index in [1.165, 1.54) is 0 Å². The number of ether oxygens (including phenoxy) is 1. The number of benzene rings is 1. The van der Waals surface area contributed by atoms with Crippen LogP contribution in [-0.2, 0) is 9.53 Å². The van der Waals surface area contributed by atoms with Gasteiger partial charge in [0.15, 0.2) is 6.10 Å². The fourth-order valence-corrected chi connectivity index (χ4v) is 1.91. The van der Waals surface area contributed by atoms with Gasteiger partial charge in [-0.15, -0.1) is 0 Å². The van der Waals surface area contributed by atoms with Gasteiger partial charge >= 0.3 is 5.97 Å². The molecule has 1 aromatic carbocycles. The molecule has 1 atom stereocenters. The average molecular weight is 315 g/mol. The highest BCUT2D eigenvalue weighted by atomic mass is 16.5. The molecule has 0 bridgehead atoms. The van der Waals surface area contributed by atoms with Crippen LogP contribution in [0.5, 0.6) is 0 Å². The number of amides is 1. The maximum Gasteiger partial charge on any atom is 0.357 e. The number of hydrogen-bond acceptors (Lipinski definition) is 4. The number of rotatable bonds is 6. The first-order valence-electron chi connectivity index (χ1n) is 7.57. The molecule has 2 N–H and O–H groups in total. The maximum absolute atomic E-state index is 12.1. The molecule has 0 spiro atoms. The van der Waals surface area contributed by atoms with Crippen LogP contribution >= 0.6 is 0 Å². The zero-order valence-electron chi connectivity index (χ0n) is 13.5. The number of nitrogens with one attached hydrogen (secondary N) is 2. The molecular weight excluding hydrogens is 294 g/mol.